The zero-order chi connectivity index (χ0) is 19.8. The second-order valence-electron chi connectivity index (χ2n) is 6.59. The van der Waals surface area contributed by atoms with E-state index in [1.54, 1.807) is 29.2 Å². The first-order chi connectivity index (χ1) is 14.2. The van der Waals surface area contributed by atoms with Crippen LogP contribution in [0.3, 0.4) is 0 Å². The van der Waals surface area contributed by atoms with Crippen LogP contribution in [0.25, 0.3) is 32.8 Å². The molecule has 0 saturated carbocycles. The first-order valence-corrected chi connectivity index (χ1v) is 8.92. The Morgan fingerprint density at radius 2 is 1.90 bits per heavy atom. The Kier molecular flexibility index (Phi) is 3.96. The van der Waals surface area contributed by atoms with E-state index in [-0.39, 0.29) is 5.69 Å². The molecule has 5 rings (SSSR count). The third-order valence-electron chi connectivity index (χ3n) is 4.72. The summed E-state index contributed by atoms with van der Waals surface area (Å²) in [6.45, 7) is 6.97. The predicted octanol–water partition coefficient (Wildman–Crippen LogP) is 4.62. The van der Waals surface area contributed by atoms with Gasteiger partial charge in [-0.05, 0) is 29.8 Å². The number of hydrogen-bond donors (Lipinski definition) is 0. The lowest BCUT2D eigenvalue weighted by molar-refractivity contribution is 0.634. The van der Waals surface area contributed by atoms with Crippen LogP contribution in [0.5, 0.6) is 0 Å². The van der Waals surface area contributed by atoms with Crippen molar-refractivity contribution in [1.29, 1.82) is 0 Å². The van der Waals surface area contributed by atoms with Crippen molar-refractivity contribution in [3.8, 4) is 11.3 Å². The fourth-order valence-corrected chi connectivity index (χ4v) is 3.27. The number of nitrogens with zero attached hydrogens (tertiary/aromatic N) is 6. The largest absolute Gasteiger partial charge is 0.256 e. The summed E-state index contributed by atoms with van der Waals surface area (Å²) in [5.41, 5.74) is 3.97. The normalized spacial score (nSPS) is 11.0. The highest BCUT2D eigenvalue weighted by Gasteiger charge is 2.11. The maximum absolute atomic E-state index is 14.0. The molecule has 3 heterocycles. The Labute approximate surface area is 165 Å². The first kappa shape index (κ1) is 17.0. The topological polar surface area (TPSA) is 60.3 Å². The summed E-state index contributed by atoms with van der Waals surface area (Å²) in [7, 11) is 0. The van der Waals surface area contributed by atoms with Crippen LogP contribution in [0.4, 0.5) is 10.1 Å². The van der Waals surface area contributed by atoms with Crippen LogP contribution in [0.15, 0.2) is 67.1 Å². The summed E-state index contributed by atoms with van der Waals surface area (Å²) in [6, 6.07) is 14.5. The van der Waals surface area contributed by atoms with Gasteiger partial charge in [0.15, 0.2) is 0 Å². The van der Waals surface area contributed by atoms with Crippen molar-refractivity contribution in [2.45, 2.75) is 6.42 Å². The van der Waals surface area contributed by atoms with E-state index < -0.39 is 5.82 Å². The fourth-order valence-electron chi connectivity index (χ4n) is 3.27. The smallest absolute Gasteiger partial charge is 0.250 e. The maximum atomic E-state index is 14.0. The Balaban J connectivity index is 1.54. The molecule has 2 aromatic carbocycles. The van der Waals surface area contributed by atoms with Crippen molar-refractivity contribution in [3.05, 3.63) is 95.6 Å². The van der Waals surface area contributed by atoms with Gasteiger partial charge in [0.2, 0.25) is 5.69 Å². The van der Waals surface area contributed by atoms with E-state index in [2.05, 4.69) is 31.0 Å². The molecule has 138 valence electrons. The lowest BCUT2D eigenvalue weighted by Crippen LogP contribution is -2.02. The van der Waals surface area contributed by atoms with E-state index in [1.165, 1.54) is 12.1 Å². The monoisotopic (exact) mass is 380 g/mol. The minimum absolute atomic E-state index is 0.0168. The number of pyridine rings is 1. The van der Waals surface area contributed by atoms with E-state index >= 15 is 0 Å². The minimum Gasteiger partial charge on any atom is -0.256 e. The standard InChI is InChI=1S/C22H13FN6/c1-24-20-7-5-16(11-18(20)23)21-13-27-22-26-12-17(29(22)28-21)10-14-4-6-19-15(9-14)3-2-8-25-19/h2-9,11-13H,10H2. The van der Waals surface area contributed by atoms with Gasteiger partial charge in [-0.1, -0.05) is 24.3 Å². The molecule has 0 aliphatic heterocycles. The number of hydrogen-bond acceptors (Lipinski definition) is 4. The van der Waals surface area contributed by atoms with Crippen molar-refractivity contribution >= 4 is 22.4 Å². The first-order valence-electron chi connectivity index (χ1n) is 8.92. The van der Waals surface area contributed by atoms with Gasteiger partial charge in [0.05, 0.1) is 30.2 Å². The van der Waals surface area contributed by atoms with Gasteiger partial charge in [0, 0.05) is 23.6 Å². The van der Waals surface area contributed by atoms with E-state index in [0.29, 0.717) is 23.5 Å². The van der Waals surface area contributed by atoms with Crippen molar-refractivity contribution in [1.82, 2.24) is 24.6 Å². The minimum atomic E-state index is -0.574. The number of aromatic nitrogens is 5. The number of rotatable bonds is 3. The molecule has 3 aromatic heterocycles. The van der Waals surface area contributed by atoms with E-state index in [4.69, 9.17) is 6.57 Å². The molecular weight excluding hydrogens is 367 g/mol. The van der Waals surface area contributed by atoms with Crippen molar-refractivity contribution in [3.63, 3.8) is 0 Å². The molecule has 0 aliphatic carbocycles. The average molecular weight is 380 g/mol. The van der Waals surface area contributed by atoms with Gasteiger partial charge in [-0.15, -0.1) is 0 Å². The zero-order valence-corrected chi connectivity index (χ0v) is 15.1. The SMILES string of the molecule is [C-]#[N+]c1ccc(-c2cnc3ncc(Cc4ccc5ncccc5c4)n3n2)cc1F. The molecule has 0 bridgehead atoms. The highest BCUT2D eigenvalue weighted by Crippen LogP contribution is 2.25. The molecule has 5 aromatic rings. The summed E-state index contributed by atoms with van der Waals surface area (Å²) < 4.78 is 15.7. The molecule has 7 heteroatoms. The van der Waals surface area contributed by atoms with Gasteiger partial charge in [-0.2, -0.15) is 5.10 Å². The molecule has 0 fully saturated rings. The number of imidazole rings is 1. The third kappa shape index (κ3) is 3.07. The predicted molar refractivity (Wildman–Crippen MR) is 107 cm³/mol. The molecule has 0 amide bonds. The molecule has 0 N–H and O–H groups in total. The van der Waals surface area contributed by atoms with Gasteiger partial charge >= 0.3 is 0 Å². The van der Waals surface area contributed by atoms with E-state index in [0.717, 1.165) is 22.2 Å². The Hall–Kier alpha value is -4.18. The zero-order valence-electron chi connectivity index (χ0n) is 15.1. The molecule has 29 heavy (non-hydrogen) atoms. The Morgan fingerprint density at radius 3 is 2.76 bits per heavy atom. The fraction of sp³-hybridized carbons (Fsp3) is 0.0455. The summed E-state index contributed by atoms with van der Waals surface area (Å²) in [4.78, 5) is 16.2. The number of halogens is 1. The highest BCUT2D eigenvalue weighted by molar-refractivity contribution is 5.79. The van der Waals surface area contributed by atoms with Gasteiger partial charge < -0.3 is 0 Å². The number of fused-ring (bicyclic) bond motifs is 2. The maximum Gasteiger partial charge on any atom is 0.250 e. The lowest BCUT2D eigenvalue weighted by Gasteiger charge is -2.06. The van der Waals surface area contributed by atoms with Crippen LogP contribution in [-0.4, -0.2) is 24.6 Å². The molecule has 0 spiro atoms. The van der Waals surface area contributed by atoms with Crippen LogP contribution in [0.2, 0.25) is 0 Å². The van der Waals surface area contributed by atoms with E-state index in [9.17, 15) is 4.39 Å². The molecule has 0 radical (unpaired) electrons. The molecule has 0 saturated heterocycles. The summed E-state index contributed by atoms with van der Waals surface area (Å²) >= 11 is 0. The second-order valence-corrected chi connectivity index (χ2v) is 6.59. The van der Waals surface area contributed by atoms with Crippen molar-refractivity contribution in [2.75, 3.05) is 0 Å². The van der Waals surface area contributed by atoms with Crippen LogP contribution >= 0.6 is 0 Å². The van der Waals surface area contributed by atoms with Gasteiger partial charge in [0.25, 0.3) is 5.78 Å². The van der Waals surface area contributed by atoms with Gasteiger partial charge in [-0.3, -0.25) is 4.98 Å². The van der Waals surface area contributed by atoms with Crippen LogP contribution in [-0.2, 0) is 6.42 Å². The second kappa shape index (κ2) is 6.77. The van der Waals surface area contributed by atoms with Crippen LogP contribution < -0.4 is 0 Å². The van der Waals surface area contributed by atoms with Crippen molar-refractivity contribution < 1.29 is 4.39 Å². The average Bonchev–Trinajstić information content (AvgIpc) is 3.15. The summed E-state index contributed by atoms with van der Waals surface area (Å²) in [5, 5.41) is 5.67. The number of benzene rings is 2. The molecular formula is C22H13FN6. The quantitative estimate of drug-likeness (QED) is 0.429. The highest BCUT2D eigenvalue weighted by atomic mass is 19.1. The molecule has 0 aliphatic rings. The lowest BCUT2D eigenvalue weighted by atomic mass is 10.1. The van der Waals surface area contributed by atoms with Gasteiger partial charge in [-0.25, -0.2) is 23.7 Å². The summed E-state index contributed by atoms with van der Waals surface area (Å²) in [6.07, 6.45) is 5.70. The van der Waals surface area contributed by atoms with Gasteiger partial charge in [0.1, 0.15) is 11.5 Å². The van der Waals surface area contributed by atoms with E-state index in [1.807, 2.05) is 24.3 Å². The molecule has 0 atom stereocenters. The third-order valence-corrected chi connectivity index (χ3v) is 4.72. The van der Waals surface area contributed by atoms with Crippen LogP contribution in [0, 0.1) is 12.4 Å². The van der Waals surface area contributed by atoms with Crippen LogP contribution in [0.1, 0.15) is 11.3 Å². The van der Waals surface area contributed by atoms with Crippen molar-refractivity contribution in [2.24, 2.45) is 0 Å². The summed E-state index contributed by atoms with van der Waals surface area (Å²) in [5.74, 6) is -0.0977. The molecule has 6 nitrogen and oxygen atoms in total. The Bertz CT molecular complexity index is 1420. The molecule has 0 unspecified atom stereocenters. The Morgan fingerprint density at radius 1 is 1.00 bits per heavy atom.